The second kappa shape index (κ2) is 5.68. The van der Waals surface area contributed by atoms with E-state index in [1.54, 1.807) is 0 Å². The van der Waals surface area contributed by atoms with Gasteiger partial charge in [-0.05, 0) is 32.0 Å². The molecule has 0 aliphatic carbocycles. The molecule has 0 bridgehead atoms. The van der Waals surface area contributed by atoms with Gasteiger partial charge in [-0.3, -0.25) is 0 Å². The number of hydrogen-bond donors (Lipinski definition) is 3. The third-order valence-electron chi connectivity index (χ3n) is 3.14. The van der Waals surface area contributed by atoms with E-state index in [0.717, 1.165) is 26.2 Å². The van der Waals surface area contributed by atoms with Gasteiger partial charge in [0.05, 0.1) is 11.3 Å². The number of anilines is 2. The molecule has 6 nitrogen and oxygen atoms in total. The van der Waals surface area contributed by atoms with Crippen molar-refractivity contribution in [1.29, 1.82) is 0 Å². The molecule has 0 radical (unpaired) electrons. The molecular formula is C12H18N4O2. The van der Waals surface area contributed by atoms with E-state index in [2.05, 4.69) is 15.2 Å². The maximum absolute atomic E-state index is 10.9. The summed E-state index contributed by atoms with van der Waals surface area (Å²) < 4.78 is 0. The Morgan fingerprint density at radius 2 is 2.22 bits per heavy atom. The van der Waals surface area contributed by atoms with Crippen molar-refractivity contribution < 1.29 is 9.90 Å². The number of likely N-dealkylation sites (tertiary alicyclic amines) is 1. The van der Waals surface area contributed by atoms with Crippen LogP contribution < -0.4 is 11.1 Å². The Morgan fingerprint density at radius 1 is 1.50 bits per heavy atom. The summed E-state index contributed by atoms with van der Waals surface area (Å²) >= 11 is 0. The lowest BCUT2D eigenvalue weighted by molar-refractivity contribution is 0.0698. The van der Waals surface area contributed by atoms with Crippen LogP contribution in [0.25, 0.3) is 0 Å². The van der Waals surface area contributed by atoms with E-state index in [1.165, 1.54) is 25.1 Å². The first-order chi connectivity index (χ1) is 8.68. The Hall–Kier alpha value is -1.82. The highest BCUT2D eigenvalue weighted by molar-refractivity contribution is 5.96. The van der Waals surface area contributed by atoms with E-state index in [0.29, 0.717) is 5.82 Å². The lowest BCUT2D eigenvalue weighted by Crippen LogP contribution is -2.26. The van der Waals surface area contributed by atoms with Crippen molar-refractivity contribution >= 4 is 17.5 Å². The first-order valence-corrected chi connectivity index (χ1v) is 6.12. The number of nitrogens with two attached hydrogens (primary N) is 1. The summed E-state index contributed by atoms with van der Waals surface area (Å²) in [6.07, 6.45) is 3.97. The van der Waals surface area contributed by atoms with Crippen molar-refractivity contribution in [1.82, 2.24) is 9.88 Å². The predicted molar refractivity (Wildman–Crippen MR) is 69.8 cm³/mol. The molecule has 18 heavy (non-hydrogen) atoms. The molecule has 0 saturated carbocycles. The van der Waals surface area contributed by atoms with Gasteiger partial charge in [0.25, 0.3) is 0 Å². The molecule has 2 rings (SSSR count). The van der Waals surface area contributed by atoms with Crippen LogP contribution in [0.4, 0.5) is 11.5 Å². The number of carboxylic acids is 1. The number of nitrogen functional groups attached to an aromatic ring is 1. The summed E-state index contributed by atoms with van der Waals surface area (Å²) in [6, 6.07) is 1.41. The van der Waals surface area contributed by atoms with Gasteiger partial charge < -0.3 is 21.1 Å². The zero-order chi connectivity index (χ0) is 13.0. The molecule has 2 heterocycles. The van der Waals surface area contributed by atoms with E-state index in [1.807, 2.05) is 0 Å². The molecule has 0 unspecified atom stereocenters. The third kappa shape index (κ3) is 2.89. The average molecular weight is 250 g/mol. The normalized spacial score (nSPS) is 15.8. The molecule has 1 saturated heterocycles. The van der Waals surface area contributed by atoms with Crippen LogP contribution in [0.3, 0.4) is 0 Å². The lowest BCUT2D eigenvalue weighted by atomic mass is 10.2. The fraction of sp³-hybridized carbons (Fsp3) is 0.500. The second-order valence-corrected chi connectivity index (χ2v) is 4.40. The van der Waals surface area contributed by atoms with Crippen LogP contribution in [0.15, 0.2) is 12.3 Å². The summed E-state index contributed by atoms with van der Waals surface area (Å²) in [5.74, 6) is -0.577. The van der Waals surface area contributed by atoms with Crippen molar-refractivity contribution in [2.75, 3.05) is 37.2 Å². The van der Waals surface area contributed by atoms with Gasteiger partial charge in [-0.1, -0.05) is 0 Å². The summed E-state index contributed by atoms with van der Waals surface area (Å²) in [6.45, 7) is 3.93. The van der Waals surface area contributed by atoms with Crippen LogP contribution in [-0.2, 0) is 0 Å². The maximum Gasteiger partial charge on any atom is 0.337 e. The van der Waals surface area contributed by atoms with Crippen LogP contribution in [0.2, 0.25) is 0 Å². The molecule has 0 aromatic carbocycles. The van der Waals surface area contributed by atoms with Crippen LogP contribution >= 0.6 is 0 Å². The number of pyridine rings is 1. The number of nitrogens with one attached hydrogen (secondary N) is 1. The van der Waals surface area contributed by atoms with Gasteiger partial charge in [0.2, 0.25) is 0 Å². The molecule has 1 aromatic rings. The minimum absolute atomic E-state index is 0.0914. The van der Waals surface area contributed by atoms with Crippen molar-refractivity contribution in [3.63, 3.8) is 0 Å². The van der Waals surface area contributed by atoms with E-state index in [4.69, 9.17) is 10.8 Å². The molecule has 0 atom stereocenters. The van der Waals surface area contributed by atoms with Crippen LogP contribution in [0.5, 0.6) is 0 Å². The molecule has 0 amide bonds. The number of aromatic carboxylic acids is 1. The molecule has 1 fully saturated rings. The fourth-order valence-electron chi connectivity index (χ4n) is 2.14. The minimum atomic E-state index is -1.03. The standard InChI is InChI=1S/C12H18N4O2/c13-10-9(12(17)18)3-4-14-11(10)15-5-8-16-6-1-2-7-16/h3-4H,1-2,5-8,13H2,(H,14,15)(H,17,18). The third-order valence-corrected chi connectivity index (χ3v) is 3.14. The fourth-order valence-corrected chi connectivity index (χ4v) is 2.14. The number of carbonyl (C=O) groups is 1. The lowest BCUT2D eigenvalue weighted by Gasteiger charge is -2.16. The van der Waals surface area contributed by atoms with Gasteiger partial charge in [0, 0.05) is 19.3 Å². The van der Waals surface area contributed by atoms with Crippen LogP contribution in [0.1, 0.15) is 23.2 Å². The van der Waals surface area contributed by atoms with Crippen molar-refractivity contribution in [3.8, 4) is 0 Å². The second-order valence-electron chi connectivity index (χ2n) is 4.40. The molecular weight excluding hydrogens is 232 g/mol. The highest BCUT2D eigenvalue weighted by Gasteiger charge is 2.13. The van der Waals surface area contributed by atoms with Crippen molar-refractivity contribution in [3.05, 3.63) is 17.8 Å². The van der Waals surface area contributed by atoms with Gasteiger partial charge in [-0.15, -0.1) is 0 Å². The zero-order valence-corrected chi connectivity index (χ0v) is 10.2. The topological polar surface area (TPSA) is 91.5 Å². The number of hydrogen-bond acceptors (Lipinski definition) is 5. The molecule has 98 valence electrons. The monoisotopic (exact) mass is 250 g/mol. The van der Waals surface area contributed by atoms with Crippen molar-refractivity contribution in [2.45, 2.75) is 12.8 Å². The highest BCUT2D eigenvalue weighted by atomic mass is 16.4. The Bertz CT molecular complexity index is 430. The molecule has 1 aromatic heterocycles. The summed E-state index contributed by atoms with van der Waals surface area (Å²) in [5.41, 5.74) is 6.05. The van der Waals surface area contributed by atoms with Crippen molar-refractivity contribution in [2.24, 2.45) is 0 Å². The molecule has 1 aliphatic rings. The van der Waals surface area contributed by atoms with Gasteiger partial charge >= 0.3 is 5.97 Å². The molecule has 4 N–H and O–H groups in total. The van der Waals surface area contributed by atoms with Gasteiger partial charge in [0.15, 0.2) is 0 Å². The first-order valence-electron chi connectivity index (χ1n) is 6.12. The SMILES string of the molecule is Nc1c(C(=O)O)ccnc1NCCN1CCCC1. The number of nitrogens with zero attached hydrogens (tertiary/aromatic N) is 2. The summed E-state index contributed by atoms with van der Waals surface area (Å²) in [7, 11) is 0. The molecule has 0 spiro atoms. The molecule has 1 aliphatic heterocycles. The summed E-state index contributed by atoms with van der Waals surface area (Å²) in [4.78, 5) is 17.3. The number of aromatic nitrogens is 1. The number of rotatable bonds is 5. The smallest absolute Gasteiger partial charge is 0.337 e. The average Bonchev–Trinajstić information content (AvgIpc) is 2.84. The van der Waals surface area contributed by atoms with E-state index in [9.17, 15) is 4.79 Å². The Morgan fingerprint density at radius 3 is 2.89 bits per heavy atom. The van der Waals surface area contributed by atoms with E-state index >= 15 is 0 Å². The van der Waals surface area contributed by atoms with Crippen LogP contribution in [0, 0.1) is 0 Å². The summed E-state index contributed by atoms with van der Waals surface area (Å²) in [5, 5.41) is 12.0. The quantitative estimate of drug-likeness (QED) is 0.718. The van der Waals surface area contributed by atoms with Gasteiger partial charge in [0.1, 0.15) is 5.82 Å². The van der Waals surface area contributed by atoms with E-state index < -0.39 is 5.97 Å². The first kappa shape index (κ1) is 12.6. The maximum atomic E-state index is 10.9. The van der Waals surface area contributed by atoms with Gasteiger partial charge in [-0.25, -0.2) is 9.78 Å². The molecule has 6 heteroatoms. The number of carboxylic acid groups (broad SMARTS) is 1. The Balaban J connectivity index is 1.92. The Kier molecular flexibility index (Phi) is 3.99. The minimum Gasteiger partial charge on any atom is -0.478 e. The van der Waals surface area contributed by atoms with Gasteiger partial charge in [-0.2, -0.15) is 0 Å². The zero-order valence-electron chi connectivity index (χ0n) is 10.2. The predicted octanol–water partition coefficient (Wildman–Crippen LogP) is 0.870. The van der Waals surface area contributed by atoms with E-state index in [-0.39, 0.29) is 11.3 Å². The Labute approximate surface area is 106 Å². The largest absolute Gasteiger partial charge is 0.478 e. The highest BCUT2D eigenvalue weighted by Crippen LogP contribution is 2.19. The van der Waals surface area contributed by atoms with Crippen LogP contribution in [-0.4, -0.2) is 47.1 Å².